The molecule has 0 aromatic carbocycles. The van der Waals surface area contributed by atoms with Crippen molar-refractivity contribution in [3.63, 3.8) is 0 Å². The van der Waals surface area contributed by atoms with Crippen LogP contribution in [0.15, 0.2) is 0 Å². The Balaban J connectivity index is 1.81. The number of quaternary nitrogens is 2. The number of nitrogens with zero attached hydrogens (tertiary/aromatic N) is 4. The molecule has 0 spiro atoms. The number of hydrogen-bond acceptors (Lipinski definition) is 2. The Kier molecular flexibility index (Phi) is 11.5. The van der Waals surface area contributed by atoms with Crippen LogP contribution in [0.1, 0.15) is 77.6 Å². The summed E-state index contributed by atoms with van der Waals surface area (Å²) in [6.45, 7) is 11.5. The fourth-order valence-corrected chi connectivity index (χ4v) is 5.04. The van der Waals surface area contributed by atoms with E-state index in [1.165, 1.54) is 51.5 Å². The van der Waals surface area contributed by atoms with Crippen LogP contribution in [0.2, 0.25) is 0 Å². The lowest BCUT2D eigenvalue weighted by Crippen LogP contribution is -2.56. The van der Waals surface area contributed by atoms with Gasteiger partial charge in [-0.25, -0.2) is 0 Å². The summed E-state index contributed by atoms with van der Waals surface area (Å²) in [6.07, 6.45) is 12.9. The van der Waals surface area contributed by atoms with E-state index in [1.807, 2.05) is 4.90 Å². The highest BCUT2D eigenvalue weighted by molar-refractivity contribution is 5.78. The van der Waals surface area contributed by atoms with Crippen molar-refractivity contribution in [1.29, 1.82) is 0 Å². The van der Waals surface area contributed by atoms with Crippen LogP contribution >= 0.6 is 0 Å². The maximum Gasteiger partial charge on any atom is 0.222 e. The molecule has 0 aromatic rings. The molecule has 2 saturated heterocycles. The molecule has 2 fully saturated rings. The Labute approximate surface area is 198 Å². The Hall–Kier alpha value is -1.14. The molecule has 2 rings (SSSR count). The zero-order chi connectivity index (χ0) is 23.5. The highest BCUT2D eigenvalue weighted by Crippen LogP contribution is 2.15. The second kappa shape index (κ2) is 13.5. The number of amides is 2. The lowest BCUT2D eigenvalue weighted by Gasteiger charge is -2.39. The third-order valence-electron chi connectivity index (χ3n) is 7.77. The van der Waals surface area contributed by atoms with E-state index in [4.69, 9.17) is 0 Å². The molecular weight excluding hydrogens is 400 g/mol. The monoisotopic (exact) mass is 452 g/mol. The van der Waals surface area contributed by atoms with Gasteiger partial charge in [0.25, 0.3) is 0 Å². The standard InChI is InChI=1S/C26H52N4O2/c1-5-6-7-8-9-10-11-20-30(4,22-19-28-17-13-15-26(28)32)24-23-29(2,3)21-18-27-16-12-14-25(27)31/h5-24H2,1-4H3/q+2. The minimum Gasteiger partial charge on any atom is -0.337 e. The van der Waals surface area contributed by atoms with Gasteiger partial charge in [-0.15, -0.1) is 0 Å². The van der Waals surface area contributed by atoms with E-state index < -0.39 is 0 Å². The van der Waals surface area contributed by atoms with Crippen molar-refractivity contribution >= 4 is 11.8 Å². The topological polar surface area (TPSA) is 40.6 Å². The average Bonchev–Trinajstić information content (AvgIpc) is 3.36. The first-order chi connectivity index (χ1) is 15.2. The molecule has 6 nitrogen and oxygen atoms in total. The molecule has 0 bridgehead atoms. The van der Waals surface area contributed by atoms with Crippen LogP contribution in [0.3, 0.4) is 0 Å². The van der Waals surface area contributed by atoms with Gasteiger partial charge in [0.15, 0.2) is 0 Å². The maximum absolute atomic E-state index is 12.1. The average molecular weight is 453 g/mol. The summed E-state index contributed by atoms with van der Waals surface area (Å²) < 4.78 is 2.01. The summed E-state index contributed by atoms with van der Waals surface area (Å²) >= 11 is 0. The number of likely N-dealkylation sites (tertiary alicyclic amines) is 2. The Bertz CT molecular complexity index is 580. The van der Waals surface area contributed by atoms with Gasteiger partial charge in [0.05, 0.1) is 53.9 Å². The van der Waals surface area contributed by atoms with E-state index in [0.29, 0.717) is 11.8 Å². The summed E-state index contributed by atoms with van der Waals surface area (Å²) in [7, 11) is 7.02. The fourth-order valence-electron chi connectivity index (χ4n) is 5.04. The van der Waals surface area contributed by atoms with E-state index in [0.717, 1.165) is 87.0 Å². The summed E-state index contributed by atoms with van der Waals surface area (Å²) in [5.74, 6) is 0.679. The van der Waals surface area contributed by atoms with Gasteiger partial charge in [0, 0.05) is 25.9 Å². The van der Waals surface area contributed by atoms with Crippen molar-refractivity contribution in [3.05, 3.63) is 0 Å². The number of rotatable bonds is 17. The number of unbranched alkanes of at least 4 members (excludes halogenated alkanes) is 6. The Morgan fingerprint density at radius 2 is 1.19 bits per heavy atom. The normalized spacial score (nSPS) is 19.2. The molecule has 2 heterocycles. The van der Waals surface area contributed by atoms with E-state index >= 15 is 0 Å². The van der Waals surface area contributed by atoms with E-state index in [2.05, 4.69) is 33.0 Å². The first-order valence-electron chi connectivity index (χ1n) is 13.5. The molecule has 2 amide bonds. The molecule has 0 aliphatic carbocycles. The fraction of sp³-hybridized carbons (Fsp3) is 0.923. The smallest absolute Gasteiger partial charge is 0.222 e. The SMILES string of the molecule is CCCCCCCCC[N+](C)(CCN1CCCC1=O)CC[N+](C)(C)CCN1CCCC1=O. The summed E-state index contributed by atoms with van der Waals surface area (Å²) in [5, 5.41) is 0. The first kappa shape index (κ1) is 27.1. The third-order valence-corrected chi connectivity index (χ3v) is 7.77. The van der Waals surface area contributed by atoms with Crippen LogP contribution < -0.4 is 0 Å². The third kappa shape index (κ3) is 9.78. The van der Waals surface area contributed by atoms with Crippen LogP contribution in [0.5, 0.6) is 0 Å². The molecule has 32 heavy (non-hydrogen) atoms. The molecule has 1 atom stereocenters. The Morgan fingerprint density at radius 1 is 0.656 bits per heavy atom. The van der Waals surface area contributed by atoms with Gasteiger partial charge in [-0.2, -0.15) is 0 Å². The molecule has 1 unspecified atom stereocenters. The first-order valence-corrected chi connectivity index (χ1v) is 13.5. The van der Waals surface area contributed by atoms with Gasteiger partial charge < -0.3 is 18.8 Å². The molecule has 0 radical (unpaired) electrons. The van der Waals surface area contributed by atoms with Gasteiger partial charge in [0.1, 0.15) is 13.1 Å². The number of hydrogen-bond donors (Lipinski definition) is 0. The molecular formula is C26H52N4O2+2. The van der Waals surface area contributed by atoms with Gasteiger partial charge >= 0.3 is 0 Å². The number of carbonyl (C=O) groups excluding carboxylic acids is 2. The predicted octanol–water partition coefficient (Wildman–Crippen LogP) is 3.50. The van der Waals surface area contributed by atoms with Crippen LogP contribution in [0.4, 0.5) is 0 Å². The minimum atomic E-state index is 0.333. The maximum atomic E-state index is 12.1. The summed E-state index contributed by atoms with van der Waals surface area (Å²) in [4.78, 5) is 28.2. The van der Waals surface area contributed by atoms with Crippen molar-refractivity contribution in [2.45, 2.75) is 77.6 Å². The van der Waals surface area contributed by atoms with Gasteiger partial charge in [-0.1, -0.05) is 39.0 Å². The molecule has 2 aliphatic rings. The number of likely N-dealkylation sites (N-methyl/N-ethyl adjacent to an activating group) is 2. The minimum absolute atomic E-state index is 0.333. The zero-order valence-corrected chi connectivity index (χ0v) is 21.7. The molecule has 0 aromatic heterocycles. The second-order valence-corrected chi connectivity index (χ2v) is 11.3. The lowest BCUT2D eigenvalue weighted by atomic mass is 10.1. The van der Waals surface area contributed by atoms with E-state index in [1.54, 1.807) is 0 Å². The predicted molar refractivity (Wildman–Crippen MR) is 132 cm³/mol. The lowest BCUT2D eigenvalue weighted by molar-refractivity contribution is -0.955. The highest BCUT2D eigenvalue weighted by atomic mass is 16.2. The molecule has 186 valence electrons. The largest absolute Gasteiger partial charge is 0.337 e. The molecule has 2 aliphatic heterocycles. The van der Waals surface area contributed by atoms with Crippen molar-refractivity contribution < 1.29 is 18.6 Å². The van der Waals surface area contributed by atoms with Gasteiger partial charge in [-0.3, -0.25) is 9.59 Å². The van der Waals surface area contributed by atoms with E-state index in [9.17, 15) is 9.59 Å². The summed E-state index contributed by atoms with van der Waals surface area (Å²) in [5.41, 5.74) is 0. The van der Waals surface area contributed by atoms with Crippen LogP contribution in [0, 0.1) is 0 Å². The van der Waals surface area contributed by atoms with E-state index in [-0.39, 0.29) is 0 Å². The van der Waals surface area contributed by atoms with Gasteiger partial charge in [0.2, 0.25) is 11.8 Å². The molecule has 6 heteroatoms. The molecule has 0 N–H and O–H groups in total. The van der Waals surface area contributed by atoms with Crippen LogP contribution in [-0.4, -0.2) is 111 Å². The molecule has 0 saturated carbocycles. The van der Waals surface area contributed by atoms with Crippen molar-refractivity contribution in [3.8, 4) is 0 Å². The Morgan fingerprint density at radius 3 is 1.72 bits per heavy atom. The zero-order valence-electron chi connectivity index (χ0n) is 21.7. The van der Waals surface area contributed by atoms with Crippen LogP contribution in [-0.2, 0) is 9.59 Å². The second-order valence-electron chi connectivity index (χ2n) is 11.3. The van der Waals surface area contributed by atoms with Crippen molar-refractivity contribution in [1.82, 2.24) is 9.80 Å². The quantitative estimate of drug-likeness (QED) is 0.250. The van der Waals surface area contributed by atoms with Crippen molar-refractivity contribution in [2.24, 2.45) is 0 Å². The highest BCUT2D eigenvalue weighted by Gasteiger charge is 2.30. The summed E-state index contributed by atoms with van der Waals surface area (Å²) in [6, 6.07) is 0. The number of carbonyl (C=O) groups is 2. The van der Waals surface area contributed by atoms with Crippen LogP contribution in [0.25, 0.3) is 0 Å². The van der Waals surface area contributed by atoms with Crippen molar-refractivity contribution in [2.75, 3.05) is 80.0 Å². The van der Waals surface area contributed by atoms with Gasteiger partial charge in [-0.05, 0) is 25.7 Å².